The Morgan fingerprint density at radius 2 is 2.19 bits per heavy atom. The van der Waals surface area contributed by atoms with E-state index in [0.29, 0.717) is 17.2 Å². The lowest BCUT2D eigenvalue weighted by atomic mass is 9.87. The number of hydrogen-bond acceptors (Lipinski definition) is 4. The van der Waals surface area contributed by atoms with Crippen LogP contribution in [-0.4, -0.2) is 36.5 Å². The Hall–Kier alpha value is -3.49. The average molecular weight is 369 g/mol. The van der Waals surface area contributed by atoms with Crippen molar-refractivity contribution in [3.05, 3.63) is 59.3 Å². The molecule has 1 unspecified atom stereocenters. The number of carboxylic acids is 1. The molecule has 138 valence electrons. The van der Waals surface area contributed by atoms with Crippen molar-refractivity contribution in [3.63, 3.8) is 0 Å². The van der Waals surface area contributed by atoms with E-state index in [2.05, 4.69) is 15.5 Å². The molecular formula is C18H16FN5O3. The Balaban J connectivity index is 1.76. The first-order valence-electron chi connectivity index (χ1n) is 8.32. The first kappa shape index (κ1) is 17.0. The summed E-state index contributed by atoms with van der Waals surface area (Å²) in [6.45, 7) is 1.42. The van der Waals surface area contributed by atoms with E-state index in [1.165, 1.54) is 15.4 Å². The van der Waals surface area contributed by atoms with Gasteiger partial charge in [0.25, 0.3) is 0 Å². The molecule has 27 heavy (non-hydrogen) atoms. The molecule has 3 heterocycles. The number of nitrogens with zero attached hydrogens (tertiary/aromatic N) is 4. The Labute approximate surface area is 153 Å². The van der Waals surface area contributed by atoms with Crippen molar-refractivity contribution in [2.24, 2.45) is 0 Å². The maximum absolute atomic E-state index is 14.0. The van der Waals surface area contributed by atoms with Gasteiger partial charge in [-0.3, -0.25) is 9.59 Å². The molecule has 8 nitrogen and oxygen atoms in total. The highest BCUT2D eigenvalue weighted by atomic mass is 19.1. The Bertz CT molecular complexity index is 1060. The summed E-state index contributed by atoms with van der Waals surface area (Å²) in [5.41, 5.74) is 2.42. The van der Waals surface area contributed by atoms with Crippen molar-refractivity contribution in [2.75, 3.05) is 5.32 Å². The molecule has 0 saturated heterocycles. The molecule has 1 amide bonds. The fourth-order valence-corrected chi connectivity index (χ4v) is 3.43. The number of nitrogens with one attached hydrogen (secondary N) is 1. The number of carbonyl (C=O) groups is 2. The molecule has 2 aromatic heterocycles. The van der Waals surface area contributed by atoms with Gasteiger partial charge in [0.15, 0.2) is 0 Å². The number of benzene rings is 1. The zero-order chi connectivity index (χ0) is 19.1. The number of amides is 1. The third kappa shape index (κ3) is 2.97. The Morgan fingerprint density at radius 3 is 2.93 bits per heavy atom. The van der Waals surface area contributed by atoms with Crippen LogP contribution in [0, 0.1) is 12.7 Å². The second kappa shape index (κ2) is 6.35. The number of carboxylic acid groups (broad SMARTS) is 1. The maximum Gasteiger partial charge on any atom is 0.325 e. The number of aliphatic carboxylic acids is 1. The first-order valence-corrected chi connectivity index (χ1v) is 8.32. The summed E-state index contributed by atoms with van der Waals surface area (Å²) in [5, 5.41) is 20.3. The van der Waals surface area contributed by atoms with Gasteiger partial charge >= 0.3 is 5.97 Å². The van der Waals surface area contributed by atoms with Crippen molar-refractivity contribution in [2.45, 2.75) is 25.8 Å². The molecule has 2 N–H and O–H groups in total. The van der Waals surface area contributed by atoms with E-state index in [0.717, 1.165) is 11.1 Å². The lowest BCUT2D eigenvalue weighted by Gasteiger charge is -2.23. The molecule has 0 bridgehead atoms. The van der Waals surface area contributed by atoms with Crippen LogP contribution in [-0.2, 0) is 16.1 Å². The highest BCUT2D eigenvalue weighted by molar-refractivity contribution is 5.94. The van der Waals surface area contributed by atoms with Crippen LogP contribution < -0.4 is 5.32 Å². The molecule has 4 rings (SSSR count). The minimum Gasteiger partial charge on any atom is -0.480 e. The molecule has 1 aliphatic heterocycles. The van der Waals surface area contributed by atoms with Crippen molar-refractivity contribution in [1.82, 2.24) is 19.6 Å². The van der Waals surface area contributed by atoms with E-state index >= 15 is 0 Å². The number of fused-ring (bicyclic) bond motifs is 1. The van der Waals surface area contributed by atoms with E-state index in [1.54, 1.807) is 37.5 Å². The van der Waals surface area contributed by atoms with E-state index in [9.17, 15) is 14.0 Å². The molecule has 0 fully saturated rings. The summed E-state index contributed by atoms with van der Waals surface area (Å²) < 4.78 is 16.7. The highest BCUT2D eigenvalue weighted by Gasteiger charge is 2.33. The van der Waals surface area contributed by atoms with Gasteiger partial charge < -0.3 is 10.4 Å². The van der Waals surface area contributed by atoms with Gasteiger partial charge in [-0.2, -0.15) is 10.2 Å². The molecule has 0 aliphatic carbocycles. The van der Waals surface area contributed by atoms with Gasteiger partial charge in [0, 0.05) is 24.1 Å². The SMILES string of the molecule is Cc1nn(CC(=O)O)c2c1C(c1cnn(-c3ccccc3F)c1)CC(=O)N2. The van der Waals surface area contributed by atoms with Crippen LogP contribution in [0.25, 0.3) is 5.69 Å². The summed E-state index contributed by atoms with van der Waals surface area (Å²) in [7, 11) is 0. The zero-order valence-corrected chi connectivity index (χ0v) is 14.4. The highest BCUT2D eigenvalue weighted by Crippen LogP contribution is 2.39. The fraction of sp³-hybridized carbons (Fsp3) is 0.222. The zero-order valence-electron chi connectivity index (χ0n) is 14.4. The molecule has 1 aromatic carbocycles. The van der Waals surface area contributed by atoms with E-state index in [1.807, 2.05) is 0 Å². The lowest BCUT2D eigenvalue weighted by molar-refractivity contribution is -0.137. The Morgan fingerprint density at radius 1 is 1.41 bits per heavy atom. The summed E-state index contributed by atoms with van der Waals surface area (Å²) >= 11 is 0. The van der Waals surface area contributed by atoms with Crippen molar-refractivity contribution >= 4 is 17.7 Å². The maximum atomic E-state index is 14.0. The molecule has 1 aliphatic rings. The van der Waals surface area contributed by atoms with Crippen molar-refractivity contribution in [3.8, 4) is 5.69 Å². The lowest BCUT2D eigenvalue weighted by Crippen LogP contribution is -2.25. The van der Waals surface area contributed by atoms with E-state index < -0.39 is 11.8 Å². The fourth-order valence-electron chi connectivity index (χ4n) is 3.43. The molecule has 9 heteroatoms. The summed E-state index contributed by atoms with van der Waals surface area (Å²) in [4.78, 5) is 23.3. The third-order valence-electron chi connectivity index (χ3n) is 4.56. The van der Waals surface area contributed by atoms with Gasteiger partial charge in [0.1, 0.15) is 23.9 Å². The van der Waals surface area contributed by atoms with Gasteiger partial charge in [-0.25, -0.2) is 13.8 Å². The van der Waals surface area contributed by atoms with E-state index in [4.69, 9.17) is 5.11 Å². The summed E-state index contributed by atoms with van der Waals surface area (Å²) in [6.07, 6.45) is 3.45. The first-order chi connectivity index (χ1) is 12.9. The quantitative estimate of drug-likeness (QED) is 0.733. The topological polar surface area (TPSA) is 102 Å². The molecule has 3 aromatic rings. The molecule has 1 atom stereocenters. The second-order valence-corrected chi connectivity index (χ2v) is 6.37. The predicted octanol–water partition coefficient (Wildman–Crippen LogP) is 2.08. The van der Waals surface area contributed by atoms with Gasteiger partial charge in [-0.05, 0) is 24.6 Å². The number of rotatable bonds is 4. The average Bonchev–Trinajstić information content (AvgIpc) is 3.20. The van der Waals surface area contributed by atoms with Crippen LogP contribution in [0.3, 0.4) is 0 Å². The van der Waals surface area contributed by atoms with Crippen LogP contribution in [0.2, 0.25) is 0 Å². The molecule has 0 spiro atoms. The number of aryl methyl sites for hydroxylation is 1. The van der Waals surface area contributed by atoms with Crippen LogP contribution in [0.4, 0.5) is 10.2 Å². The smallest absolute Gasteiger partial charge is 0.325 e. The van der Waals surface area contributed by atoms with Crippen molar-refractivity contribution in [1.29, 1.82) is 0 Å². The molecule has 0 saturated carbocycles. The van der Waals surface area contributed by atoms with Crippen molar-refractivity contribution < 1.29 is 19.1 Å². The monoisotopic (exact) mass is 369 g/mol. The number of carbonyl (C=O) groups excluding carboxylic acids is 1. The normalized spacial score (nSPS) is 16.1. The number of aromatic nitrogens is 4. The standard InChI is InChI=1S/C18H16FN5O3/c1-10-17-12(6-15(25)21-18(17)24(22-10)9-16(26)27)11-7-20-23(8-11)14-5-3-2-4-13(14)19/h2-5,7-8,12H,6,9H2,1H3,(H,21,25)(H,26,27). The predicted molar refractivity (Wildman–Crippen MR) is 93.2 cm³/mol. The summed E-state index contributed by atoms with van der Waals surface area (Å²) in [6, 6.07) is 6.28. The van der Waals surface area contributed by atoms with Gasteiger partial charge in [-0.1, -0.05) is 12.1 Å². The number of halogens is 1. The Kier molecular flexibility index (Phi) is 3.98. The number of anilines is 1. The van der Waals surface area contributed by atoms with Crippen LogP contribution in [0.1, 0.15) is 29.2 Å². The van der Waals surface area contributed by atoms with E-state index in [-0.39, 0.29) is 24.8 Å². The number of hydrogen-bond donors (Lipinski definition) is 2. The largest absolute Gasteiger partial charge is 0.480 e. The molecular weight excluding hydrogens is 353 g/mol. The summed E-state index contributed by atoms with van der Waals surface area (Å²) in [5.74, 6) is -1.65. The number of para-hydroxylation sites is 1. The van der Waals surface area contributed by atoms with Crippen LogP contribution >= 0.6 is 0 Å². The van der Waals surface area contributed by atoms with Gasteiger partial charge in [0.2, 0.25) is 5.91 Å². The molecule has 0 radical (unpaired) electrons. The van der Waals surface area contributed by atoms with Gasteiger partial charge in [-0.15, -0.1) is 0 Å². The van der Waals surface area contributed by atoms with Gasteiger partial charge in [0.05, 0.1) is 11.9 Å². The third-order valence-corrected chi connectivity index (χ3v) is 4.56. The minimum absolute atomic E-state index is 0.176. The minimum atomic E-state index is -1.05. The van der Waals surface area contributed by atoms with Crippen LogP contribution in [0.15, 0.2) is 36.7 Å². The van der Waals surface area contributed by atoms with Crippen LogP contribution in [0.5, 0.6) is 0 Å². The second-order valence-electron chi connectivity index (χ2n) is 6.37.